The summed E-state index contributed by atoms with van der Waals surface area (Å²) in [6.07, 6.45) is 4.38. The second-order valence-electron chi connectivity index (χ2n) is 5.69. The summed E-state index contributed by atoms with van der Waals surface area (Å²) in [5, 5.41) is 0. The van der Waals surface area contributed by atoms with Gasteiger partial charge in [0.15, 0.2) is 0 Å². The molecule has 2 heterocycles. The zero-order valence-electron chi connectivity index (χ0n) is 11.9. The van der Waals surface area contributed by atoms with Gasteiger partial charge in [-0.3, -0.25) is 0 Å². The predicted molar refractivity (Wildman–Crippen MR) is 76.3 cm³/mol. The fraction of sp³-hybridized carbons (Fsp3) is 0.625. The average molecular weight is 261 g/mol. The molecule has 0 bridgehead atoms. The van der Waals surface area contributed by atoms with Crippen LogP contribution in [0.3, 0.4) is 0 Å². The van der Waals surface area contributed by atoms with E-state index in [4.69, 9.17) is 15.2 Å². The summed E-state index contributed by atoms with van der Waals surface area (Å²) < 4.78 is 12.0. The number of hydrogen-bond acceptors (Lipinski definition) is 3. The Morgan fingerprint density at radius 1 is 1.05 bits per heavy atom. The molecule has 0 aliphatic carbocycles. The third-order valence-electron chi connectivity index (χ3n) is 4.39. The molecule has 1 aromatic carbocycles. The first-order valence-corrected chi connectivity index (χ1v) is 7.38. The van der Waals surface area contributed by atoms with Gasteiger partial charge >= 0.3 is 0 Å². The molecular formula is C16H23NO2. The van der Waals surface area contributed by atoms with E-state index in [0.717, 1.165) is 50.4 Å². The van der Waals surface area contributed by atoms with Crippen LogP contribution in [0, 0.1) is 6.92 Å². The molecule has 1 unspecified atom stereocenters. The Labute approximate surface area is 115 Å². The number of ether oxygens (including phenoxy) is 2. The van der Waals surface area contributed by atoms with Crippen molar-refractivity contribution in [2.75, 3.05) is 19.8 Å². The Morgan fingerprint density at radius 2 is 1.68 bits per heavy atom. The standard InChI is InChI=1S/C16H23NO2/c1-10(9-17)14-13-6-4-7-18-15(13)11(2)12-5-3-8-19-16(12)14/h10H,3-9,17H2,1-2H3. The van der Waals surface area contributed by atoms with Gasteiger partial charge in [0.05, 0.1) is 13.2 Å². The molecule has 104 valence electrons. The topological polar surface area (TPSA) is 44.5 Å². The van der Waals surface area contributed by atoms with Gasteiger partial charge in [-0.25, -0.2) is 0 Å². The molecule has 19 heavy (non-hydrogen) atoms. The van der Waals surface area contributed by atoms with E-state index in [1.165, 1.54) is 22.3 Å². The highest BCUT2D eigenvalue weighted by Crippen LogP contribution is 2.45. The van der Waals surface area contributed by atoms with Crippen LogP contribution in [0.1, 0.15) is 47.9 Å². The minimum atomic E-state index is 0.336. The molecule has 0 aromatic heterocycles. The first kappa shape index (κ1) is 12.8. The van der Waals surface area contributed by atoms with Gasteiger partial charge in [-0.1, -0.05) is 6.92 Å². The highest BCUT2D eigenvalue weighted by molar-refractivity contribution is 5.61. The fourth-order valence-corrected chi connectivity index (χ4v) is 3.35. The van der Waals surface area contributed by atoms with Crippen LogP contribution in [-0.2, 0) is 12.8 Å². The van der Waals surface area contributed by atoms with Gasteiger partial charge in [0.25, 0.3) is 0 Å². The maximum atomic E-state index is 6.01. The zero-order chi connectivity index (χ0) is 13.4. The summed E-state index contributed by atoms with van der Waals surface area (Å²) in [6, 6.07) is 0. The van der Waals surface area contributed by atoms with Gasteiger partial charge < -0.3 is 15.2 Å². The SMILES string of the molecule is Cc1c2c(c(C(C)CN)c3c1OCCC3)OCCC2. The maximum Gasteiger partial charge on any atom is 0.126 e. The number of nitrogens with two attached hydrogens (primary N) is 1. The molecular weight excluding hydrogens is 238 g/mol. The molecule has 0 amide bonds. The monoisotopic (exact) mass is 261 g/mol. The van der Waals surface area contributed by atoms with E-state index >= 15 is 0 Å². The van der Waals surface area contributed by atoms with Gasteiger partial charge in [-0.2, -0.15) is 0 Å². The van der Waals surface area contributed by atoms with Crippen molar-refractivity contribution in [2.24, 2.45) is 5.73 Å². The van der Waals surface area contributed by atoms with Gasteiger partial charge in [0.1, 0.15) is 11.5 Å². The van der Waals surface area contributed by atoms with Crippen molar-refractivity contribution < 1.29 is 9.47 Å². The van der Waals surface area contributed by atoms with Gasteiger partial charge in [0.2, 0.25) is 0 Å². The van der Waals surface area contributed by atoms with E-state index in [9.17, 15) is 0 Å². The maximum absolute atomic E-state index is 6.01. The van der Waals surface area contributed by atoms with Gasteiger partial charge in [-0.05, 0) is 50.6 Å². The van der Waals surface area contributed by atoms with Crippen LogP contribution in [0.2, 0.25) is 0 Å². The van der Waals surface area contributed by atoms with Crippen LogP contribution < -0.4 is 15.2 Å². The van der Waals surface area contributed by atoms with Gasteiger partial charge in [0, 0.05) is 16.7 Å². The lowest BCUT2D eigenvalue weighted by Gasteiger charge is -2.31. The molecule has 0 fully saturated rings. The lowest BCUT2D eigenvalue weighted by Crippen LogP contribution is -2.22. The number of rotatable bonds is 2. The van der Waals surface area contributed by atoms with E-state index in [-0.39, 0.29) is 0 Å². The molecule has 2 aliphatic heterocycles. The first-order chi connectivity index (χ1) is 9.24. The summed E-state index contributed by atoms with van der Waals surface area (Å²) in [7, 11) is 0. The number of hydrogen-bond donors (Lipinski definition) is 1. The van der Waals surface area contributed by atoms with E-state index in [2.05, 4.69) is 13.8 Å². The Morgan fingerprint density at radius 3 is 2.37 bits per heavy atom. The molecule has 2 N–H and O–H groups in total. The molecule has 2 aliphatic rings. The highest BCUT2D eigenvalue weighted by Gasteiger charge is 2.29. The minimum absolute atomic E-state index is 0.336. The highest BCUT2D eigenvalue weighted by atomic mass is 16.5. The van der Waals surface area contributed by atoms with Crippen molar-refractivity contribution in [3.63, 3.8) is 0 Å². The van der Waals surface area contributed by atoms with E-state index in [0.29, 0.717) is 12.5 Å². The third-order valence-corrected chi connectivity index (χ3v) is 4.39. The van der Waals surface area contributed by atoms with Crippen LogP contribution in [0.25, 0.3) is 0 Å². The average Bonchev–Trinajstić information content (AvgIpc) is 2.47. The van der Waals surface area contributed by atoms with Crippen molar-refractivity contribution in [3.8, 4) is 11.5 Å². The molecule has 0 saturated heterocycles. The number of fused-ring (bicyclic) bond motifs is 2. The quantitative estimate of drug-likeness (QED) is 0.890. The normalized spacial score (nSPS) is 18.9. The fourth-order valence-electron chi connectivity index (χ4n) is 3.35. The van der Waals surface area contributed by atoms with Crippen LogP contribution in [0.15, 0.2) is 0 Å². The Kier molecular flexibility index (Phi) is 3.40. The second kappa shape index (κ2) is 5.04. The van der Waals surface area contributed by atoms with Crippen molar-refractivity contribution in [2.45, 2.75) is 45.4 Å². The van der Waals surface area contributed by atoms with E-state index in [1.54, 1.807) is 0 Å². The molecule has 0 radical (unpaired) electrons. The molecule has 1 aromatic rings. The van der Waals surface area contributed by atoms with Crippen LogP contribution in [-0.4, -0.2) is 19.8 Å². The number of benzene rings is 1. The first-order valence-electron chi connectivity index (χ1n) is 7.38. The lowest BCUT2D eigenvalue weighted by molar-refractivity contribution is 0.266. The summed E-state index contributed by atoms with van der Waals surface area (Å²) in [6.45, 7) is 6.69. The summed E-state index contributed by atoms with van der Waals surface area (Å²) in [5.41, 5.74) is 11.2. The van der Waals surface area contributed by atoms with Gasteiger partial charge in [-0.15, -0.1) is 0 Å². The largest absolute Gasteiger partial charge is 0.493 e. The smallest absolute Gasteiger partial charge is 0.126 e. The molecule has 0 saturated carbocycles. The summed E-state index contributed by atoms with van der Waals surface area (Å²) in [5.74, 6) is 2.57. The van der Waals surface area contributed by atoms with Crippen LogP contribution >= 0.6 is 0 Å². The molecule has 3 heteroatoms. The van der Waals surface area contributed by atoms with Crippen molar-refractivity contribution >= 4 is 0 Å². The van der Waals surface area contributed by atoms with Crippen molar-refractivity contribution in [1.82, 2.24) is 0 Å². The summed E-state index contributed by atoms with van der Waals surface area (Å²) in [4.78, 5) is 0. The van der Waals surface area contributed by atoms with E-state index in [1.807, 2.05) is 0 Å². The van der Waals surface area contributed by atoms with E-state index < -0.39 is 0 Å². The second-order valence-corrected chi connectivity index (χ2v) is 5.69. The predicted octanol–water partition coefficient (Wildman–Crippen LogP) is 2.71. The molecule has 0 spiro atoms. The lowest BCUT2D eigenvalue weighted by atomic mass is 9.84. The Balaban J connectivity index is 2.25. The molecule has 3 rings (SSSR count). The Bertz CT molecular complexity index is 459. The third kappa shape index (κ3) is 2.00. The van der Waals surface area contributed by atoms with Crippen LogP contribution in [0.4, 0.5) is 0 Å². The molecule has 3 nitrogen and oxygen atoms in total. The zero-order valence-corrected chi connectivity index (χ0v) is 11.9. The minimum Gasteiger partial charge on any atom is -0.493 e. The summed E-state index contributed by atoms with van der Waals surface area (Å²) >= 11 is 0. The molecule has 1 atom stereocenters. The van der Waals surface area contributed by atoms with Crippen molar-refractivity contribution in [1.29, 1.82) is 0 Å². The Hall–Kier alpha value is -1.22. The van der Waals surface area contributed by atoms with Crippen LogP contribution in [0.5, 0.6) is 11.5 Å². The van der Waals surface area contributed by atoms with Crippen molar-refractivity contribution in [3.05, 3.63) is 22.3 Å².